The van der Waals surface area contributed by atoms with Crippen LogP contribution in [-0.2, 0) is 9.53 Å². The molecule has 13 heavy (non-hydrogen) atoms. The molecular formula is C7H10N2O2S2. The molecule has 0 aliphatic rings. The number of hydrogen-bond acceptors (Lipinski definition) is 6. The van der Waals surface area contributed by atoms with Gasteiger partial charge in [0.15, 0.2) is 4.34 Å². The Morgan fingerprint density at radius 3 is 3.08 bits per heavy atom. The highest BCUT2D eigenvalue weighted by Crippen LogP contribution is 2.18. The lowest BCUT2D eigenvalue weighted by Gasteiger charge is -2.05. The number of carbonyl (C=O) groups is 1. The number of rotatable bonds is 4. The van der Waals surface area contributed by atoms with Crippen molar-refractivity contribution in [2.24, 2.45) is 0 Å². The number of esters is 1. The molecule has 0 aromatic carbocycles. The topological polar surface area (TPSA) is 52.1 Å². The summed E-state index contributed by atoms with van der Waals surface area (Å²) in [5.41, 5.74) is 0. The Bertz CT molecular complexity index is 261. The zero-order valence-corrected chi connectivity index (χ0v) is 9.02. The van der Waals surface area contributed by atoms with Crippen molar-refractivity contribution in [3.8, 4) is 0 Å². The van der Waals surface area contributed by atoms with E-state index in [4.69, 9.17) is 4.74 Å². The van der Waals surface area contributed by atoms with Crippen molar-refractivity contribution in [3.63, 3.8) is 0 Å². The lowest BCUT2D eigenvalue weighted by Crippen LogP contribution is -2.13. The Morgan fingerprint density at radius 2 is 2.54 bits per heavy atom. The normalized spacial score (nSPS) is 10.4. The molecule has 4 nitrogen and oxygen atoms in total. The average Bonchev–Trinajstić information content (AvgIpc) is 2.51. The predicted octanol–water partition coefficient (Wildman–Crippen LogP) is 1.58. The molecule has 0 amide bonds. The molecule has 0 aliphatic heterocycles. The third-order valence-corrected chi connectivity index (χ3v) is 2.79. The second-order valence-electron chi connectivity index (χ2n) is 2.53. The Hall–Kier alpha value is -0.620. The molecule has 72 valence electrons. The highest BCUT2D eigenvalue weighted by molar-refractivity contribution is 8.01. The molecule has 0 bridgehead atoms. The SMILES string of the molecule is CC(C)OC(=O)CSc1ncns1. The summed E-state index contributed by atoms with van der Waals surface area (Å²) in [6.07, 6.45) is 1.42. The monoisotopic (exact) mass is 218 g/mol. The first-order valence-electron chi connectivity index (χ1n) is 3.77. The van der Waals surface area contributed by atoms with Crippen molar-refractivity contribution in [2.75, 3.05) is 5.75 Å². The molecular weight excluding hydrogens is 208 g/mol. The van der Waals surface area contributed by atoms with Crippen LogP contribution in [0.2, 0.25) is 0 Å². The minimum absolute atomic E-state index is 0.0532. The molecule has 0 radical (unpaired) electrons. The highest BCUT2D eigenvalue weighted by Gasteiger charge is 2.07. The van der Waals surface area contributed by atoms with Crippen LogP contribution >= 0.6 is 23.3 Å². The third-order valence-electron chi connectivity index (χ3n) is 1.02. The van der Waals surface area contributed by atoms with Crippen LogP contribution < -0.4 is 0 Å². The van der Waals surface area contributed by atoms with Gasteiger partial charge in [-0.25, -0.2) is 4.98 Å². The summed E-state index contributed by atoms with van der Waals surface area (Å²) in [6.45, 7) is 3.65. The van der Waals surface area contributed by atoms with E-state index in [-0.39, 0.29) is 12.1 Å². The Kier molecular flexibility index (Phi) is 4.17. The maximum Gasteiger partial charge on any atom is 0.316 e. The fraction of sp³-hybridized carbons (Fsp3) is 0.571. The van der Waals surface area contributed by atoms with Crippen LogP contribution in [0.15, 0.2) is 10.7 Å². The first kappa shape index (κ1) is 10.5. The van der Waals surface area contributed by atoms with E-state index in [0.717, 1.165) is 4.34 Å². The minimum atomic E-state index is -0.213. The fourth-order valence-corrected chi connectivity index (χ4v) is 1.87. The summed E-state index contributed by atoms with van der Waals surface area (Å²) < 4.78 is 9.56. The Labute approximate surface area is 84.9 Å². The van der Waals surface area contributed by atoms with Gasteiger partial charge in [-0.1, -0.05) is 11.8 Å². The number of nitrogens with zero attached hydrogens (tertiary/aromatic N) is 2. The van der Waals surface area contributed by atoms with Crippen molar-refractivity contribution >= 4 is 29.3 Å². The first-order valence-corrected chi connectivity index (χ1v) is 5.53. The van der Waals surface area contributed by atoms with Crippen LogP contribution in [0, 0.1) is 0 Å². The molecule has 0 atom stereocenters. The smallest absolute Gasteiger partial charge is 0.316 e. The van der Waals surface area contributed by atoms with E-state index >= 15 is 0 Å². The Balaban J connectivity index is 2.23. The summed E-state index contributed by atoms with van der Waals surface area (Å²) in [5.74, 6) is 0.0862. The quantitative estimate of drug-likeness (QED) is 0.567. The average molecular weight is 218 g/mol. The number of ether oxygens (including phenoxy) is 1. The van der Waals surface area contributed by atoms with E-state index in [0.29, 0.717) is 5.75 Å². The van der Waals surface area contributed by atoms with E-state index < -0.39 is 0 Å². The standard InChI is InChI=1S/C7H10N2O2S2/c1-5(2)11-6(10)3-12-7-8-4-9-13-7/h4-5H,3H2,1-2H3. The van der Waals surface area contributed by atoms with E-state index in [2.05, 4.69) is 9.36 Å². The van der Waals surface area contributed by atoms with Crippen LogP contribution in [0.5, 0.6) is 0 Å². The van der Waals surface area contributed by atoms with Crippen molar-refractivity contribution in [1.29, 1.82) is 0 Å². The van der Waals surface area contributed by atoms with Gasteiger partial charge in [0.05, 0.1) is 11.9 Å². The molecule has 1 aromatic heterocycles. The maximum absolute atomic E-state index is 11.1. The van der Waals surface area contributed by atoms with Gasteiger partial charge in [-0.05, 0) is 25.4 Å². The van der Waals surface area contributed by atoms with Crippen LogP contribution in [0.25, 0.3) is 0 Å². The first-order chi connectivity index (χ1) is 6.18. The fourth-order valence-electron chi connectivity index (χ4n) is 0.644. The zero-order chi connectivity index (χ0) is 9.68. The third kappa shape index (κ3) is 4.23. The summed E-state index contributed by atoms with van der Waals surface area (Å²) in [5, 5.41) is 0. The number of thioether (sulfide) groups is 1. The molecule has 1 aromatic rings. The second kappa shape index (κ2) is 5.18. The predicted molar refractivity (Wildman–Crippen MR) is 51.9 cm³/mol. The van der Waals surface area contributed by atoms with Gasteiger partial charge in [-0.2, -0.15) is 4.37 Å². The number of carbonyl (C=O) groups excluding carboxylic acids is 1. The number of aromatic nitrogens is 2. The highest BCUT2D eigenvalue weighted by atomic mass is 32.2. The van der Waals surface area contributed by atoms with Gasteiger partial charge in [0.25, 0.3) is 0 Å². The van der Waals surface area contributed by atoms with Gasteiger partial charge < -0.3 is 4.74 Å². The molecule has 0 unspecified atom stereocenters. The summed E-state index contributed by atoms with van der Waals surface area (Å²) in [7, 11) is 0. The van der Waals surface area contributed by atoms with Crippen molar-refractivity contribution in [3.05, 3.63) is 6.33 Å². The Morgan fingerprint density at radius 1 is 1.77 bits per heavy atom. The summed E-state index contributed by atoms with van der Waals surface area (Å²) >= 11 is 2.63. The maximum atomic E-state index is 11.1. The summed E-state index contributed by atoms with van der Waals surface area (Å²) in [4.78, 5) is 15.0. The number of hydrogen-bond donors (Lipinski definition) is 0. The van der Waals surface area contributed by atoms with Gasteiger partial charge in [0.2, 0.25) is 0 Å². The molecule has 0 saturated heterocycles. The minimum Gasteiger partial charge on any atom is -0.462 e. The lowest BCUT2D eigenvalue weighted by molar-refractivity contribution is -0.144. The van der Waals surface area contributed by atoms with Gasteiger partial charge in [-0.15, -0.1) is 0 Å². The molecule has 0 spiro atoms. The van der Waals surface area contributed by atoms with Crippen LogP contribution in [0.1, 0.15) is 13.8 Å². The molecule has 0 saturated carbocycles. The van der Waals surface area contributed by atoms with Gasteiger partial charge >= 0.3 is 5.97 Å². The summed E-state index contributed by atoms with van der Waals surface area (Å²) in [6, 6.07) is 0. The van der Waals surface area contributed by atoms with Gasteiger partial charge in [0.1, 0.15) is 6.33 Å². The van der Waals surface area contributed by atoms with E-state index in [1.54, 1.807) is 0 Å². The second-order valence-corrected chi connectivity index (χ2v) is 4.54. The zero-order valence-electron chi connectivity index (χ0n) is 7.39. The van der Waals surface area contributed by atoms with Crippen molar-refractivity contribution in [2.45, 2.75) is 24.3 Å². The van der Waals surface area contributed by atoms with E-state index in [1.807, 2.05) is 13.8 Å². The molecule has 6 heteroatoms. The van der Waals surface area contributed by atoms with E-state index in [9.17, 15) is 4.79 Å². The van der Waals surface area contributed by atoms with Gasteiger partial charge in [0, 0.05) is 0 Å². The molecule has 0 fully saturated rings. The lowest BCUT2D eigenvalue weighted by atomic mass is 10.5. The molecule has 1 heterocycles. The van der Waals surface area contributed by atoms with Crippen molar-refractivity contribution in [1.82, 2.24) is 9.36 Å². The van der Waals surface area contributed by atoms with Crippen LogP contribution in [0.3, 0.4) is 0 Å². The molecule has 0 aliphatic carbocycles. The molecule has 0 N–H and O–H groups in total. The van der Waals surface area contributed by atoms with Crippen LogP contribution in [-0.4, -0.2) is 27.2 Å². The van der Waals surface area contributed by atoms with Gasteiger partial charge in [-0.3, -0.25) is 4.79 Å². The molecule has 1 rings (SSSR count). The van der Waals surface area contributed by atoms with E-state index in [1.165, 1.54) is 29.6 Å². The van der Waals surface area contributed by atoms with Crippen molar-refractivity contribution < 1.29 is 9.53 Å². The van der Waals surface area contributed by atoms with Crippen LogP contribution in [0.4, 0.5) is 0 Å². The largest absolute Gasteiger partial charge is 0.462 e.